The summed E-state index contributed by atoms with van der Waals surface area (Å²) in [5.41, 5.74) is 2.31. The van der Waals surface area contributed by atoms with Crippen molar-refractivity contribution < 1.29 is 4.42 Å². The minimum atomic E-state index is 0.649. The van der Waals surface area contributed by atoms with Gasteiger partial charge in [0.05, 0.1) is 18.5 Å². The summed E-state index contributed by atoms with van der Waals surface area (Å²) in [5, 5.41) is 6.62. The van der Waals surface area contributed by atoms with Crippen LogP contribution in [0.4, 0.5) is 5.82 Å². The topological polar surface area (TPSA) is 63.0 Å². The number of nitrogens with one attached hydrogen (secondary N) is 2. The Kier molecular flexibility index (Phi) is 2.75. The van der Waals surface area contributed by atoms with E-state index < -0.39 is 0 Å². The number of nitrogens with zero attached hydrogens (tertiary/aromatic N) is 2. The highest BCUT2D eigenvalue weighted by Gasteiger charge is 2.14. The summed E-state index contributed by atoms with van der Waals surface area (Å²) in [6, 6.07) is 3.83. The van der Waals surface area contributed by atoms with Crippen LogP contribution in [0.3, 0.4) is 0 Å². The van der Waals surface area contributed by atoms with Crippen LogP contribution in [0.2, 0.25) is 0 Å². The standard InChI is InChI=1S/C12H14N4O/c1-2-9(17-5-1)6-14-12-10-7-13-4-3-11(10)15-8-16-12/h1-2,5,8,13H,3-4,6-7H2,(H,14,15,16). The molecule has 0 radical (unpaired) electrons. The van der Waals surface area contributed by atoms with Gasteiger partial charge in [0.2, 0.25) is 0 Å². The Morgan fingerprint density at radius 1 is 1.41 bits per heavy atom. The van der Waals surface area contributed by atoms with Gasteiger partial charge in [0, 0.05) is 25.1 Å². The van der Waals surface area contributed by atoms with Gasteiger partial charge in [-0.05, 0) is 12.1 Å². The number of hydrogen-bond donors (Lipinski definition) is 2. The average Bonchev–Trinajstić information content (AvgIpc) is 2.89. The second-order valence-electron chi connectivity index (χ2n) is 4.01. The summed E-state index contributed by atoms with van der Waals surface area (Å²) in [6.45, 7) is 2.47. The fourth-order valence-electron chi connectivity index (χ4n) is 2.01. The van der Waals surface area contributed by atoms with Crippen molar-refractivity contribution in [2.75, 3.05) is 11.9 Å². The van der Waals surface area contributed by atoms with E-state index in [2.05, 4.69) is 20.6 Å². The lowest BCUT2D eigenvalue weighted by Crippen LogP contribution is -2.26. The van der Waals surface area contributed by atoms with Crippen molar-refractivity contribution in [1.29, 1.82) is 0 Å². The predicted molar refractivity (Wildman–Crippen MR) is 63.5 cm³/mol. The zero-order valence-corrected chi connectivity index (χ0v) is 9.44. The maximum absolute atomic E-state index is 5.28. The zero-order valence-electron chi connectivity index (χ0n) is 9.44. The second kappa shape index (κ2) is 4.55. The molecule has 3 rings (SSSR count). The largest absolute Gasteiger partial charge is 0.467 e. The average molecular weight is 230 g/mol. The van der Waals surface area contributed by atoms with E-state index in [1.807, 2.05) is 12.1 Å². The van der Waals surface area contributed by atoms with Crippen LogP contribution in [0.1, 0.15) is 17.0 Å². The van der Waals surface area contributed by atoms with Crippen LogP contribution in [0.15, 0.2) is 29.1 Å². The van der Waals surface area contributed by atoms with Crippen LogP contribution in [0.25, 0.3) is 0 Å². The third-order valence-corrected chi connectivity index (χ3v) is 2.89. The molecule has 17 heavy (non-hydrogen) atoms. The Bertz CT molecular complexity index is 495. The molecule has 2 N–H and O–H groups in total. The van der Waals surface area contributed by atoms with E-state index >= 15 is 0 Å². The van der Waals surface area contributed by atoms with Gasteiger partial charge in [-0.2, -0.15) is 0 Å². The fraction of sp³-hybridized carbons (Fsp3) is 0.333. The van der Waals surface area contributed by atoms with Crippen LogP contribution in [0.5, 0.6) is 0 Å². The highest BCUT2D eigenvalue weighted by Crippen LogP contribution is 2.19. The highest BCUT2D eigenvalue weighted by atomic mass is 16.3. The van der Waals surface area contributed by atoms with Crippen LogP contribution >= 0.6 is 0 Å². The highest BCUT2D eigenvalue weighted by molar-refractivity contribution is 5.46. The van der Waals surface area contributed by atoms with E-state index in [-0.39, 0.29) is 0 Å². The molecule has 5 nitrogen and oxygen atoms in total. The number of fused-ring (bicyclic) bond motifs is 1. The Morgan fingerprint density at radius 3 is 3.29 bits per heavy atom. The first-order valence-electron chi connectivity index (χ1n) is 5.73. The molecule has 0 fully saturated rings. The predicted octanol–water partition coefficient (Wildman–Crippen LogP) is 1.33. The Morgan fingerprint density at radius 2 is 2.41 bits per heavy atom. The van der Waals surface area contributed by atoms with Gasteiger partial charge in [-0.1, -0.05) is 0 Å². The second-order valence-corrected chi connectivity index (χ2v) is 4.01. The molecule has 0 aromatic carbocycles. The van der Waals surface area contributed by atoms with Gasteiger partial charge in [0.15, 0.2) is 0 Å². The van der Waals surface area contributed by atoms with E-state index in [1.165, 1.54) is 5.56 Å². The fourth-order valence-corrected chi connectivity index (χ4v) is 2.01. The quantitative estimate of drug-likeness (QED) is 0.832. The van der Waals surface area contributed by atoms with Crippen LogP contribution < -0.4 is 10.6 Å². The molecule has 1 aliphatic heterocycles. The molecular formula is C12H14N4O. The Balaban J connectivity index is 1.78. The van der Waals surface area contributed by atoms with Gasteiger partial charge in [0.25, 0.3) is 0 Å². The van der Waals surface area contributed by atoms with Gasteiger partial charge in [0.1, 0.15) is 17.9 Å². The van der Waals surface area contributed by atoms with Crippen LogP contribution in [-0.4, -0.2) is 16.5 Å². The number of aromatic nitrogens is 2. The molecule has 1 aliphatic rings. The Labute approximate surface area is 99.3 Å². The number of hydrogen-bond acceptors (Lipinski definition) is 5. The lowest BCUT2D eigenvalue weighted by Gasteiger charge is -2.18. The summed E-state index contributed by atoms with van der Waals surface area (Å²) in [5.74, 6) is 1.81. The van der Waals surface area contributed by atoms with Crippen molar-refractivity contribution in [3.05, 3.63) is 41.7 Å². The molecule has 3 heterocycles. The summed E-state index contributed by atoms with van der Waals surface area (Å²) < 4.78 is 5.28. The van der Waals surface area contributed by atoms with Crippen molar-refractivity contribution in [2.24, 2.45) is 0 Å². The molecule has 0 spiro atoms. The summed E-state index contributed by atoms with van der Waals surface area (Å²) in [6.07, 6.45) is 4.26. The first-order chi connectivity index (χ1) is 8.43. The Hall–Kier alpha value is -1.88. The van der Waals surface area contributed by atoms with Gasteiger partial charge in [-0.3, -0.25) is 0 Å². The molecule has 2 aromatic rings. The maximum Gasteiger partial charge on any atom is 0.134 e. The number of furan rings is 1. The van der Waals surface area contributed by atoms with E-state index in [9.17, 15) is 0 Å². The van der Waals surface area contributed by atoms with Crippen molar-refractivity contribution in [3.63, 3.8) is 0 Å². The summed E-state index contributed by atoms with van der Waals surface area (Å²) in [4.78, 5) is 8.60. The van der Waals surface area contributed by atoms with Crippen molar-refractivity contribution in [3.8, 4) is 0 Å². The van der Waals surface area contributed by atoms with Crippen molar-refractivity contribution >= 4 is 5.82 Å². The molecule has 0 amide bonds. The molecule has 0 saturated carbocycles. The van der Waals surface area contributed by atoms with Crippen molar-refractivity contribution in [1.82, 2.24) is 15.3 Å². The first kappa shape index (κ1) is 10.3. The van der Waals surface area contributed by atoms with E-state index in [4.69, 9.17) is 4.42 Å². The molecule has 0 atom stereocenters. The van der Waals surface area contributed by atoms with Gasteiger partial charge in [-0.15, -0.1) is 0 Å². The third-order valence-electron chi connectivity index (χ3n) is 2.89. The lowest BCUT2D eigenvalue weighted by molar-refractivity contribution is 0.517. The zero-order chi connectivity index (χ0) is 11.5. The summed E-state index contributed by atoms with van der Waals surface area (Å²) >= 11 is 0. The molecule has 2 aromatic heterocycles. The minimum absolute atomic E-state index is 0.649. The maximum atomic E-state index is 5.28. The molecular weight excluding hydrogens is 216 g/mol. The van der Waals surface area contributed by atoms with Crippen LogP contribution in [0, 0.1) is 0 Å². The first-order valence-corrected chi connectivity index (χ1v) is 5.73. The normalized spacial score (nSPS) is 14.4. The smallest absolute Gasteiger partial charge is 0.134 e. The summed E-state index contributed by atoms with van der Waals surface area (Å²) in [7, 11) is 0. The van der Waals surface area contributed by atoms with Crippen molar-refractivity contribution in [2.45, 2.75) is 19.5 Å². The van der Waals surface area contributed by atoms with Gasteiger partial charge in [-0.25, -0.2) is 9.97 Å². The number of rotatable bonds is 3. The van der Waals surface area contributed by atoms with Gasteiger partial charge >= 0.3 is 0 Å². The lowest BCUT2D eigenvalue weighted by atomic mass is 10.1. The molecule has 88 valence electrons. The van der Waals surface area contributed by atoms with Gasteiger partial charge < -0.3 is 15.1 Å². The molecule has 0 aliphatic carbocycles. The minimum Gasteiger partial charge on any atom is -0.467 e. The molecule has 5 heteroatoms. The van der Waals surface area contributed by atoms with Crippen LogP contribution in [-0.2, 0) is 19.5 Å². The molecule has 0 bridgehead atoms. The van der Waals surface area contributed by atoms with E-state index in [0.29, 0.717) is 6.54 Å². The monoisotopic (exact) mass is 230 g/mol. The van der Waals surface area contributed by atoms with E-state index in [1.54, 1.807) is 12.6 Å². The number of anilines is 1. The SMILES string of the molecule is c1coc(CNc2ncnc3c2CNCC3)c1. The van der Waals surface area contributed by atoms with E-state index in [0.717, 1.165) is 36.8 Å². The third kappa shape index (κ3) is 2.14. The molecule has 0 unspecified atom stereocenters. The molecule has 0 saturated heterocycles.